The van der Waals surface area contributed by atoms with E-state index in [1.54, 1.807) is 0 Å². The fourth-order valence-electron chi connectivity index (χ4n) is 3.92. The smallest absolute Gasteiger partial charge is 0.225 e. The molecule has 1 atom stereocenters. The summed E-state index contributed by atoms with van der Waals surface area (Å²) in [5.41, 5.74) is -0.343. The van der Waals surface area contributed by atoms with E-state index in [2.05, 4.69) is 5.32 Å². The maximum Gasteiger partial charge on any atom is 0.225 e. The minimum absolute atomic E-state index is 0.100. The predicted molar refractivity (Wildman–Crippen MR) is 97.6 cm³/mol. The number of amides is 2. The van der Waals surface area contributed by atoms with E-state index >= 15 is 0 Å². The minimum atomic E-state index is -0.343. The van der Waals surface area contributed by atoms with Gasteiger partial charge in [0.2, 0.25) is 11.8 Å². The van der Waals surface area contributed by atoms with Crippen molar-refractivity contribution in [1.82, 2.24) is 10.2 Å². The summed E-state index contributed by atoms with van der Waals surface area (Å²) in [6.45, 7) is 8.21. The average Bonchev–Trinajstić information content (AvgIpc) is 2.58. The zero-order valence-electron chi connectivity index (χ0n) is 15.9. The first-order valence-corrected chi connectivity index (χ1v) is 9.92. The molecule has 1 N–H and O–H groups in total. The van der Waals surface area contributed by atoms with Gasteiger partial charge in [0, 0.05) is 31.5 Å². The molecule has 1 saturated carbocycles. The van der Waals surface area contributed by atoms with Crippen molar-refractivity contribution < 1.29 is 9.59 Å². The van der Waals surface area contributed by atoms with E-state index in [0.29, 0.717) is 24.8 Å². The van der Waals surface area contributed by atoms with E-state index < -0.39 is 0 Å². The summed E-state index contributed by atoms with van der Waals surface area (Å²) in [6, 6.07) is 0. The Labute approximate surface area is 147 Å². The van der Waals surface area contributed by atoms with Crippen molar-refractivity contribution >= 4 is 11.8 Å². The molecule has 2 aliphatic rings. The van der Waals surface area contributed by atoms with Crippen LogP contribution in [0, 0.1) is 17.3 Å². The van der Waals surface area contributed by atoms with Crippen LogP contribution < -0.4 is 5.32 Å². The molecule has 1 aliphatic heterocycles. The Morgan fingerprint density at radius 1 is 1.00 bits per heavy atom. The summed E-state index contributed by atoms with van der Waals surface area (Å²) in [6.07, 6.45) is 10.6. The van der Waals surface area contributed by atoms with E-state index in [0.717, 1.165) is 38.3 Å². The molecule has 0 aromatic rings. The van der Waals surface area contributed by atoms with Crippen LogP contribution in [0.15, 0.2) is 0 Å². The first kappa shape index (κ1) is 19.3. The molecule has 4 heteroatoms. The molecule has 0 spiro atoms. The van der Waals surface area contributed by atoms with Crippen molar-refractivity contribution in [2.45, 2.75) is 78.6 Å². The summed E-state index contributed by atoms with van der Waals surface area (Å²) in [5.74, 6) is 1.61. The Kier molecular flexibility index (Phi) is 7.12. The third-order valence-electron chi connectivity index (χ3n) is 5.60. The van der Waals surface area contributed by atoms with Crippen LogP contribution in [-0.4, -0.2) is 36.3 Å². The maximum absolute atomic E-state index is 12.5. The minimum Gasteiger partial charge on any atom is -0.355 e. The number of likely N-dealkylation sites (tertiary alicyclic amines) is 1. The third kappa shape index (κ3) is 6.10. The highest BCUT2D eigenvalue weighted by Gasteiger charge is 2.26. The molecule has 4 nitrogen and oxygen atoms in total. The van der Waals surface area contributed by atoms with Crippen LogP contribution in [0.1, 0.15) is 78.6 Å². The monoisotopic (exact) mass is 336 g/mol. The average molecular weight is 337 g/mol. The van der Waals surface area contributed by atoms with Crippen LogP contribution >= 0.6 is 0 Å². The first-order chi connectivity index (χ1) is 11.4. The highest BCUT2D eigenvalue weighted by molar-refractivity contribution is 5.81. The molecule has 1 unspecified atom stereocenters. The number of carbonyl (C=O) groups excluding carboxylic acids is 2. The van der Waals surface area contributed by atoms with Gasteiger partial charge < -0.3 is 10.2 Å². The molecular formula is C20H36N2O2. The molecule has 24 heavy (non-hydrogen) atoms. The molecule has 0 aromatic carbocycles. The normalized spacial score (nSPS) is 23.1. The Hall–Kier alpha value is -1.06. The van der Waals surface area contributed by atoms with E-state index in [4.69, 9.17) is 0 Å². The number of nitrogens with zero attached hydrogens (tertiary/aromatic N) is 1. The number of rotatable bonds is 5. The van der Waals surface area contributed by atoms with Crippen LogP contribution in [0.4, 0.5) is 0 Å². The second-order valence-electron chi connectivity index (χ2n) is 8.85. The van der Waals surface area contributed by atoms with E-state index in [1.807, 2.05) is 25.7 Å². The largest absolute Gasteiger partial charge is 0.355 e. The van der Waals surface area contributed by atoms with Gasteiger partial charge in [0.25, 0.3) is 0 Å². The molecule has 2 amide bonds. The number of hydrogen-bond acceptors (Lipinski definition) is 2. The molecule has 0 radical (unpaired) electrons. The SMILES string of the molecule is CC(C)(C)C(=O)NCC1CCCN(C(=O)CCC2CCCCC2)C1. The van der Waals surface area contributed by atoms with Crippen LogP contribution in [-0.2, 0) is 9.59 Å². The van der Waals surface area contributed by atoms with Crippen LogP contribution in [0.3, 0.4) is 0 Å². The Morgan fingerprint density at radius 3 is 2.33 bits per heavy atom. The van der Waals surface area contributed by atoms with Crippen LogP contribution in [0.2, 0.25) is 0 Å². The molecule has 2 fully saturated rings. The quantitative estimate of drug-likeness (QED) is 0.831. The Balaban J connectivity index is 1.71. The summed E-state index contributed by atoms with van der Waals surface area (Å²) in [5, 5.41) is 3.06. The molecule has 1 saturated heterocycles. The third-order valence-corrected chi connectivity index (χ3v) is 5.60. The van der Waals surface area contributed by atoms with Gasteiger partial charge in [-0.05, 0) is 31.1 Å². The van der Waals surface area contributed by atoms with Gasteiger partial charge in [-0.3, -0.25) is 9.59 Å². The number of hydrogen-bond donors (Lipinski definition) is 1. The van der Waals surface area contributed by atoms with Crippen molar-refractivity contribution in [1.29, 1.82) is 0 Å². The Morgan fingerprint density at radius 2 is 1.67 bits per heavy atom. The van der Waals surface area contributed by atoms with Crippen molar-refractivity contribution in [3.8, 4) is 0 Å². The lowest BCUT2D eigenvalue weighted by Crippen LogP contribution is -2.45. The number of piperidine rings is 1. The summed E-state index contributed by atoms with van der Waals surface area (Å²) in [7, 11) is 0. The topological polar surface area (TPSA) is 49.4 Å². The molecule has 1 heterocycles. The Bertz CT molecular complexity index is 422. The highest BCUT2D eigenvalue weighted by Crippen LogP contribution is 2.28. The molecule has 138 valence electrons. The van der Waals surface area contributed by atoms with Gasteiger partial charge in [-0.15, -0.1) is 0 Å². The lowest BCUT2D eigenvalue weighted by Gasteiger charge is -2.34. The number of nitrogens with one attached hydrogen (secondary N) is 1. The van der Waals surface area contributed by atoms with Gasteiger partial charge >= 0.3 is 0 Å². The molecule has 0 bridgehead atoms. The van der Waals surface area contributed by atoms with Gasteiger partial charge in [-0.1, -0.05) is 52.9 Å². The fourth-order valence-corrected chi connectivity index (χ4v) is 3.92. The van der Waals surface area contributed by atoms with E-state index in [1.165, 1.54) is 32.1 Å². The van der Waals surface area contributed by atoms with Crippen molar-refractivity contribution in [3.05, 3.63) is 0 Å². The first-order valence-electron chi connectivity index (χ1n) is 9.92. The van der Waals surface area contributed by atoms with Gasteiger partial charge in [0.15, 0.2) is 0 Å². The lowest BCUT2D eigenvalue weighted by molar-refractivity contribution is -0.133. The zero-order valence-corrected chi connectivity index (χ0v) is 15.9. The molecule has 2 rings (SSSR count). The van der Waals surface area contributed by atoms with E-state index in [-0.39, 0.29) is 11.3 Å². The molecular weight excluding hydrogens is 300 g/mol. The molecule has 0 aromatic heterocycles. The van der Waals surface area contributed by atoms with Crippen molar-refractivity contribution in [3.63, 3.8) is 0 Å². The molecule has 1 aliphatic carbocycles. The van der Waals surface area contributed by atoms with Crippen molar-refractivity contribution in [2.75, 3.05) is 19.6 Å². The second-order valence-corrected chi connectivity index (χ2v) is 8.85. The fraction of sp³-hybridized carbons (Fsp3) is 0.900. The summed E-state index contributed by atoms with van der Waals surface area (Å²) >= 11 is 0. The standard InChI is InChI=1S/C20H36N2O2/c1-20(2,3)19(24)21-14-17-10-7-13-22(15-17)18(23)12-11-16-8-5-4-6-9-16/h16-17H,4-15H2,1-3H3,(H,21,24). The van der Waals surface area contributed by atoms with Gasteiger partial charge in [0.05, 0.1) is 0 Å². The maximum atomic E-state index is 12.5. The number of carbonyl (C=O) groups is 2. The zero-order chi connectivity index (χ0) is 17.6. The second kappa shape index (κ2) is 8.87. The van der Waals surface area contributed by atoms with Gasteiger partial charge in [0.1, 0.15) is 0 Å². The van der Waals surface area contributed by atoms with Crippen molar-refractivity contribution in [2.24, 2.45) is 17.3 Å². The summed E-state index contributed by atoms with van der Waals surface area (Å²) < 4.78 is 0. The van der Waals surface area contributed by atoms with Crippen LogP contribution in [0.25, 0.3) is 0 Å². The highest BCUT2D eigenvalue weighted by atomic mass is 16.2. The van der Waals surface area contributed by atoms with E-state index in [9.17, 15) is 9.59 Å². The predicted octanol–water partition coefficient (Wildman–Crippen LogP) is 3.75. The van der Waals surface area contributed by atoms with Crippen LogP contribution in [0.5, 0.6) is 0 Å². The van der Waals surface area contributed by atoms with Gasteiger partial charge in [-0.25, -0.2) is 0 Å². The summed E-state index contributed by atoms with van der Waals surface area (Å²) in [4.78, 5) is 26.6. The lowest BCUT2D eigenvalue weighted by atomic mass is 9.86. The van der Waals surface area contributed by atoms with Gasteiger partial charge in [-0.2, -0.15) is 0 Å².